The van der Waals surface area contributed by atoms with E-state index in [0.29, 0.717) is 12.6 Å². The molecule has 1 saturated heterocycles. The van der Waals surface area contributed by atoms with Gasteiger partial charge in [-0.2, -0.15) is 0 Å². The molecule has 0 spiro atoms. The van der Waals surface area contributed by atoms with Gasteiger partial charge in [0.1, 0.15) is 0 Å². The standard InChI is InChI=1S/C11H25N3O/c1-4-11(15)8-12-7-10-9-13(2)5-6-14(10)3/h10-12,15H,4-9H2,1-3H3. The van der Waals surface area contributed by atoms with Crippen molar-refractivity contribution in [1.82, 2.24) is 15.1 Å². The highest BCUT2D eigenvalue weighted by atomic mass is 16.3. The van der Waals surface area contributed by atoms with E-state index in [9.17, 15) is 5.11 Å². The average Bonchev–Trinajstić information content (AvgIpc) is 2.23. The Morgan fingerprint density at radius 1 is 1.40 bits per heavy atom. The lowest BCUT2D eigenvalue weighted by Gasteiger charge is -2.37. The molecule has 15 heavy (non-hydrogen) atoms. The number of aliphatic hydroxyl groups excluding tert-OH is 1. The van der Waals surface area contributed by atoms with Crippen molar-refractivity contribution in [2.24, 2.45) is 0 Å². The summed E-state index contributed by atoms with van der Waals surface area (Å²) in [5, 5.41) is 12.8. The maximum absolute atomic E-state index is 9.42. The molecule has 1 heterocycles. The van der Waals surface area contributed by atoms with Crippen LogP contribution in [0.15, 0.2) is 0 Å². The van der Waals surface area contributed by atoms with Gasteiger partial charge in [0.05, 0.1) is 6.10 Å². The molecule has 0 aromatic heterocycles. The third kappa shape index (κ3) is 4.47. The van der Waals surface area contributed by atoms with Crippen LogP contribution < -0.4 is 5.32 Å². The lowest BCUT2D eigenvalue weighted by Crippen LogP contribution is -2.54. The van der Waals surface area contributed by atoms with Crippen molar-refractivity contribution in [3.05, 3.63) is 0 Å². The first-order chi connectivity index (χ1) is 7.13. The fourth-order valence-electron chi connectivity index (χ4n) is 1.88. The highest BCUT2D eigenvalue weighted by Crippen LogP contribution is 2.04. The summed E-state index contributed by atoms with van der Waals surface area (Å²) in [6, 6.07) is 0.577. The first kappa shape index (κ1) is 12.9. The minimum absolute atomic E-state index is 0.198. The quantitative estimate of drug-likeness (QED) is 0.654. The van der Waals surface area contributed by atoms with Gasteiger partial charge in [-0.15, -0.1) is 0 Å². The topological polar surface area (TPSA) is 38.7 Å². The van der Waals surface area contributed by atoms with Crippen molar-refractivity contribution in [2.75, 3.05) is 46.8 Å². The van der Waals surface area contributed by atoms with Crippen LogP contribution in [-0.2, 0) is 0 Å². The average molecular weight is 215 g/mol. The Morgan fingerprint density at radius 2 is 2.13 bits per heavy atom. The van der Waals surface area contributed by atoms with E-state index in [-0.39, 0.29) is 6.10 Å². The van der Waals surface area contributed by atoms with E-state index in [2.05, 4.69) is 29.2 Å². The second-order valence-corrected chi connectivity index (χ2v) is 4.62. The molecule has 2 unspecified atom stereocenters. The minimum Gasteiger partial charge on any atom is -0.392 e. The zero-order chi connectivity index (χ0) is 11.3. The molecular weight excluding hydrogens is 190 g/mol. The molecule has 4 heteroatoms. The third-order valence-electron chi connectivity index (χ3n) is 3.21. The van der Waals surface area contributed by atoms with Gasteiger partial charge in [0.25, 0.3) is 0 Å². The third-order valence-corrected chi connectivity index (χ3v) is 3.21. The van der Waals surface area contributed by atoms with E-state index in [1.165, 1.54) is 0 Å². The summed E-state index contributed by atoms with van der Waals surface area (Å²) in [5.41, 5.74) is 0. The van der Waals surface area contributed by atoms with E-state index in [0.717, 1.165) is 32.6 Å². The number of rotatable bonds is 5. The van der Waals surface area contributed by atoms with E-state index in [1.54, 1.807) is 0 Å². The second-order valence-electron chi connectivity index (χ2n) is 4.62. The van der Waals surface area contributed by atoms with Crippen LogP contribution in [0.25, 0.3) is 0 Å². The van der Waals surface area contributed by atoms with Crippen molar-refractivity contribution in [1.29, 1.82) is 0 Å². The summed E-state index contributed by atoms with van der Waals surface area (Å²) in [5.74, 6) is 0. The molecule has 1 aliphatic heterocycles. The van der Waals surface area contributed by atoms with Crippen LogP contribution >= 0.6 is 0 Å². The van der Waals surface area contributed by atoms with Crippen molar-refractivity contribution < 1.29 is 5.11 Å². The maximum atomic E-state index is 9.42. The van der Waals surface area contributed by atoms with Crippen LogP contribution in [0.4, 0.5) is 0 Å². The molecule has 2 N–H and O–H groups in total. The van der Waals surface area contributed by atoms with Gasteiger partial charge in [0.15, 0.2) is 0 Å². The molecule has 0 aromatic carbocycles. The molecule has 0 bridgehead atoms. The Bertz CT molecular complexity index is 177. The predicted octanol–water partition coefficient (Wildman–Crippen LogP) is -0.407. The van der Waals surface area contributed by atoms with Crippen molar-refractivity contribution in [2.45, 2.75) is 25.5 Å². The molecule has 2 atom stereocenters. The molecule has 1 aliphatic rings. The van der Waals surface area contributed by atoms with Gasteiger partial charge in [-0.1, -0.05) is 6.92 Å². The van der Waals surface area contributed by atoms with Crippen LogP contribution in [-0.4, -0.2) is 73.9 Å². The molecule has 0 amide bonds. The molecule has 1 fully saturated rings. The SMILES string of the molecule is CCC(O)CNCC1CN(C)CCN1C. The summed E-state index contributed by atoms with van der Waals surface area (Å²) in [6.45, 7) is 7.10. The lowest BCUT2D eigenvalue weighted by atomic mass is 10.2. The second kappa shape index (κ2) is 6.43. The van der Waals surface area contributed by atoms with Crippen LogP contribution in [0.1, 0.15) is 13.3 Å². The van der Waals surface area contributed by atoms with Crippen LogP contribution in [0.3, 0.4) is 0 Å². The number of hydrogen-bond donors (Lipinski definition) is 2. The number of piperazine rings is 1. The number of nitrogens with one attached hydrogen (secondary N) is 1. The van der Waals surface area contributed by atoms with Gasteiger partial charge < -0.3 is 15.3 Å². The zero-order valence-electron chi connectivity index (χ0n) is 10.2. The monoisotopic (exact) mass is 215 g/mol. The Balaban J connectivity index is 2.18. The summed E-state index contributed by atoms with van der Waals surface area (Å²) < 4.78 is 0. The van der Waals surface area contributed by atoms with E-state index in [1.807, 2.05) is 6.92 Å². The smallest absolute Gasteiger partial charge is 0.0662 e. The number of hydrogen-bond acceptors (Lipinski definition) is 4. The zero-order valence-corrected chi connectivity index (χ0v) is 10.2. The largest absolute Gasteiger partial charge is 0.392 e. The molecule has 1 rings (SSSR count). The van der Waals surface area contributed by atoms with Crippen LogP contribution in [0, 0.1) is 0 Å². The Morgan fingerprint density at radius 3 is 2.80 bits per heavy atom. The van der Waals surface area contributed by atoms with Crippen molar-refractivity contribution >= 4 is 0 Å². The normalized spacial score (nSPS) is 26.8. The van der Waals surface area contributed by atoms with E-state index >= 15 is 0 Å². The first-order valence-corrected chi connectivity index (χ1v) is 5.91. The molecule has 4 nitrogen and oxygen atoms in total. The Hall–Kier alpha value is -0.160. The Labute approximate surface area is 93.2 Å². The summed E-state index contributed by atoms with van der Waals surface area (Å²) in [4.78, 5) is 4.76. The fourth-order valence-corrected chi connectivity index (χ4v) is 1.88. The van der Waals surface area contributed by atoms with Crippen LogP contribution in [0.2, 0.25) is 0 Å². The fraction of sp³-hybridized carbons (Fsp3) is 1.00. The molecule has 0 aliphatic carbocycles. The van der Waals surface area contributed by atoms with Crippen molar-refractivity contribution in [3.8, 4) is 0 Å². The van der Waals surface area contributed by atoms with Crippen molar-refractivity contribution in [3.63, 3.8) is 0 Å². The first-order valence-electron chi connectivity index (χ1n) is 5.91. The highest BCUT2D eigenvalue weighted by molar-refractivity contribution is 4.80. The molecule has 0 aromatic rings. The Kier molecular flexibility index (Phi) is 5.53. The minimum atomic E-state index is -0.198. The summed E-state index contributed by atoms with van der Waals surface area (Å²) in [7, 11) is 4.34. The maximum Gasteiger partial charge on any atom is 0.0662 e. The van der Waals surface area contributed by atoms with Gasteiger partial charge >= 0.3 is 0 Å². The number of aliphatic hydroxyl groups is 1. The number of nitrogens with zero attached hydrogens (tertiary/aromatic N) is 2. The summed E-state index contributed by atoms with van der Waals surface area (Å²) >= 11 is 0. The number of likely N-dealkylation sites (N-methyl/N-ethyl adjacent to an activating group) is 2. The van der Waals surface area contributed by atoms with Crippen LogP contribution in [0.5, 0.6) is 0 Å². The van der Waals surface area contributed by atoms with Gasteiger partial charge in [-0.05, 0) is 20.5 Å². The molecule has 90 valence electrons. The highest BCUT2D eigenvalue weighted by Gasteiger charge is 2.21. The van der Waals surface area contributed by atoms with Gasteiger partial charge in [-0.3, -0.25) is 4.90 Å². The molecular formula is C11H25N3O. The van der Waals surface area contributed by atoms with E-state index in [4.69, 9.17) is 0 Å². The summed E-state index contributed by atoms with van der Waals surface area (Å²) in [6.07, 6.45) is 0.629. The lowest BCUT2D eigenvalue weighted by molar-refractivity contribution is 0.107. The van der Waals surface area contributed by atoms with Gasteiger partial charge in [-0.25, -0.2) is 0 Å². The molecule has 0 radical (unpaired) electrons. The predicted molar refractivity (Wildman–Crippen MR) is 63.1 cm³/mol. The molecule has 0 saturated carbocycles. The van der Waals surface area contributed by atoms with E-state index < -0.39 is 0 Å². The van der Waals surface area contributed by atoms with Gasteiger partial charge in [0, 0.05) is 38.8 Å². The van der Waals surface area contributed by atoms with Gasteiger partial charge in [0.2, 0.25) is 0 Å².